The van der Waals surface area contributed by atoms with Crippen LogP contribution in [0.15, 0.2) is 24.3 Å². The van der Waals surface area contributed by atoms with Crippen molar-refractivity contribution in [1.29, 1.82) is 0 Å². The lowest BCUT2D eigenvalue weighted by Gasteiger charge is -2.18. The SMILES string of the molecule is CCN(CC)Cc1ccc(C(C)CCN)cc1. The van der Waals surface area contributed by atoms with E-state index in [1.807, 2.05) is 0 Å². The van der Waals surface area contributed by atoms with Gasteiger partial charge in [0.1, 0.15) is 0 Å². The molecule has 17 heavy (non-hydrogen) atoms. The van der Waals surface area contributed by atoms with Gasteiger partial charge in [0.2, 0.25) is 0 Å². The molecule has 1 atom stereocenters. The van der Waals surface area contributed by atoms with Crippen LogP contribution in [0.25, 0.3) is 0 Å². The summed E-state index contributed by atoms with van der Waals surface area (Å²) in [6.45, 7) is 10.7. The molecule has 96 valence electrons. The summed E-state index contributed by atoms with van der Waals surface area (Å²) in [4.78, 5) is 2.43. The number of benzene rings is 1. The number of hydrogen-bond acceptors (Lipinski definition) is 2. The first-order valence-electron chi connectivity index (χ1n) is 6.72. The molecule has 0 aliphatic rings. The van der Waals surface area contributed by atoms with Crippen LogP contribution in [0.5, 0.6) is 0 Å². The summed E-state index contributed by atoms with van der Waals surface area (Å²) in [5.74, 6) is 0.572. The molecule has 0 aliphatic carbocycles. The topological polar surface area (TPSA) is 29.3 Å². The second kappa shape index (κ2) is 7.46. The highest BCUT2D eigenvalue weighted by Gasteiger charge is 2.05. The number of nitrogens with two attached hydrogens (primary N) is 1. The fourth-order valence-electron chi connectivity index (χ4n) is 2.07. The van der Waals surface area contributed by atoms with Crippen LogP contribution in [-0.4, -0.2) is 24.5 Å². The van der Waals surface area contributed by atoms with Crippen LogP contribution >= 0.6 is 0 Å². The smallest absolute Gasteiger partial charge is 0.0233 e. The van der Waals surface area contributed by atoms with Gasteiger partial charge in [-0.05, 0) is 43.1 Å². The van der Waals surface area contributed by atoms with Gasteiger partial charge in [0.05, 0.1) is 0 Å². The van der Waals surface area contributed by atoms with Crippen LogP contribution in [-0.2, 0) is 6.54 Å². The van der Waals surface area contributed by atoms with E-state index in [1.54, 1.807) is 0 Å². The molecule has 0 aromatic heterocycles. The van der Waals surface area contributed by atoms with Crippen LogP contribution in [0, 0.1) is 0 Å². The Morgan fingerprint density at radius 1 is 1.12 bits per heavy atom. The maximum Gasteiger partial charge on any atom is 0.0233 e. The molecule has 0 saturated carbocycles. The van der Waals surface area contributed by atoms with Gasteiger partial charge in [0, 0.05) is 6.54 Å². The van der Waals surface area contributed by atoms with Crippen LogP contribution in [0.3, 0.4) is 0 Å². The second-order valence-electron chi connectivity index (χ2n) is 4.68. The normalized spacial score (nSPS) is 13.0. The van der Waals surface area contributed by atoms with Crippen molar-refractivity contribution in [2.75, 3.05) is 19.6 Å². The molecule has 0 bridgehead atoms. The molecule has 1 aromatic carbocycles. The lowest BCUT2D eigenvalue weighted by molar-refractivity contribution is 0.296. The van der Waals surface area contributed by atoms with Crippen molar-refractivity contribution >= 4 is 0 Å². The molecule has 0 amide bonds. The highest BCUT2D eigenvalue weighted by atomic mass is 15.1. The van der Waals surface area contributed by atoms with Gasteiger partial charge in [-0.15, -0.1) is 0 Å². The standard InChI is InChI=1S/C15H26N2/c1-4-17(5-2)12-14-6-8-15(9-7-14)13(3)10-11-16/h6-9,13H,4-5,10-12,16H2,1-3H3. The molecule has 1 rings (SSSR count). The molecular weight excluding hydrogens is 208 g/mol. The van der Waals surface area contributed by atoms with Crippen molar-refractivity contribution in [3.05, 3.63) is 35.4 Å². The Hall–Kier alpha value is -0.860. The van der Waals surface area contributed by atoms with E-state index in [-0.39, 0.29) is 0 Å². The van der Waals surface area contributed by atoms with Crippen LogP contribution < -0.4 is 5.73 Å². The zero-order valence-electron chi connectivity index (χ0n) is 11.4. The molecular formula is C15H26N2. The third kappa shape index (κ3) is 4.49. The fourth-order valence-corrected chi connectivity index (χ4v) is 2.07. The minimum absolute atomic E-state index is 0.572. The summed E-state index contributed by atoms with van der Waals surface area (Å²) in [6.07, 6.45) is 1.06. The highest BCUT2D eigenvalue weighted by Crippen LogP contribution is 2.19. The van der Waals surface area contributed by atoms with Gasteiger partial charge in [0.15, 0.2) is 0 Å². The maximum absolute atomic E-state index is 5.59. The lowest BCUT2D eigenvalue weighted by Crippen LogP contribution is -2.22. The van der Waals surface area contributed by atoms with Gasteiger partial charge >= 0.3 is 0 Å². The van der Waals surface area contributed by atoms with Crippen LogP contribution in [0.1, 0.15) is 44.2 Å². The van der Waals surface area contributed by atoms with Gasteiger partial charge in [-0.2, -0.15) is 0 Å². The van der Waals surface area contributed by atoms with Crippen molar-refractivity contribution in [1.82, 2.24) is 4.90 Å². The Labute approximate surface area is 106 Å². The Balaban J connectivity index is 2.61. The first-order valence-corrected chi connectivity index (χ1v) is 6.72. The van der Waals surface area contributed by atoms with Crippen molar-refractivity contribution in [2.24, 2.45) is 5.73 Å². The zero-order chi connectivity index (χ0) is 12.7. The van der Waals surface area contributed by atoms with Gasteiger partial charge in [-0.1, -0.05) is 45.0 Å². The van der Waals surface area contributed by atoms with Gasteiger partial charge in [-0.25, -0.2) is 0 Å². The minimum atomic E-state index is 0.572. The van der Waals surface area contributed by atoms with E-state index in [4.69, 9.17) is 5.73 Å². The van der Waals surface area contributed by atoms with Crippen molar-refractivity contribution in [3.63, 3.8) is 0 Å². The third-order valence-electron chi connectivity index (χ3n) is 3.45. The van der Waals surface area contributed by atoms with E-state index < -0.39 is 0 Å². The molecule has 0 spiro atoms. The molecule has 0 fully saturated rings. The predicted molar refractivity (Wildman–Crippen MR) is 75.2 cm³/mol. The molecule has 0 radical (unpaired) electrons. The molecule has 0 saturated heterocycles. The van der Waals surface area contributed by atoms with Crippen molar-refractivity contribution < 1.29 is 0 Å². The zero-order valence-corrected chi connectivity index (χ0v) is 11.4. The summed E-state index contributed by atoms with van der Waals surface area (Å²) in [7, 11) is 0. The first kappa shape index (κ1) is 14.2. The summed E-state index contributed by atoms with van der Waals surface area (Å²) >= 11 is 0. The van der Waals surface area contributed by atoms with Crippen LogP contribution in [0.2, 0.25) is 0 Å². The molecule has 0 aliphatic heterocycles. The summed E-state index contributed by atoms with van der Waals surface area (Å²) in [6, 6.07) is 9.00. The quantitative estimate of drug-likeness (QED) is 0.786. The Bertz CT molecular complexity index is 301. The average molecular weight is 234 g/mol. The number of hydrogen-bond donors (Lipinski definition) is 1. The predicted octanol–water partition coefficient (Wildman–Crippen LogP) is 2.98. The van der Waals surface area contributed by atoms with E-state index in [1.165, 1.54) is 11.1 Å². The molecule has 2 N–H and O–H groups in total. The van der Waals surface area contributed by atoms with Gasteiger partial charge < -0.3 is 5.73 Å². The van der Waals surface area contributed by atoms with Crippen molar-refractivity contribution in [3.8, 4) is 0 Å². The highest BCUT2D eigenvalue weighted by molar-refractivity contribution is 5.25. The summed E-state index contributed by atoms with van der Waals surface area (Å²) < 4.78 is 0. The number of rotatable bonds is 7. The monoisotopic (exact) mass is 234 g/mol. The molecule has 1 unspecified atom stereocenters. The second-order valence-corrected chi connectivity index (χ2v) is 4.68. The van der Waals surface area contributed by atoms with Crippen LogP contribution in [0.4, 0.5) is 0 Å². The summed E-state index contributed by atoms with van der Waals surface area (Å²) in [5, 5.41) is 0. The minimum Gasteiger partial charge on any atom is -0.330 e. The molecule has 2 heteroatoms. The maximum atomic E-state index is 5.59. The first-order chi connectivity index (χ1) is 8.21. The molecule has 1 aromatic rings. The molecule has 0 heterocycles. The van der Waals surface area contributed by atoms with E-state index in [9.17, 15) is 0 Å². The fraction of sp³-hybridized carbons (Fsp3) is 0.600. The third-order valence-corrected chi connectivity index (χ3v) is 3.45. The molecule has 2 nitrogen and oxygen atoms in total. The Morgan fingerprint density at radius 2 is 1.71 bits per heavy atom. The average Bonchev–Trinajstić information content (AvgIpc) is 2.37. The van der Waals surface area contributed by atoms with E-state index >= 15 is 0 Å². The van der Waals surface area contributed by atoms with E-state index in [0.717, 1.165) is 32.6 Å². The van der Waals surface area contributed by atoms with Gasteiger partial charge in [-0.3, -0.25) is 4.90 Å². The van der Waals surface area contributed by atoms with E-state index in [2.05, 4.69) is 49.9 Å². The lowest BCUT2D eigenvalue weighted by atomic mass is 9.97. The largest absolute Gasteiger partial charge is 0.330 e. The van der Waals surface area contributed by atoms with Crippen molar-refractivity contribution in [2.45, 2.75) is 39.7 Å². The van der Waals surface area contributed by atoms with E-state index in [0.29, 0.717) is 5.92 Å². The summed E-state index contributed by atoms with van der Waals surface area (Å²) in [5.41, 5.74) is 8.39. The number of nitrogens with zero attached hydrogens (tertiary/aromatic N) is 1. The van der Waals surface area contributed by atoms with Gasteiger partial charge in [0.25, 0.3) is 0 Å². The Kier molecular flexibility index (Phi) is 6.23. The Morgan fingerprint density at radius 3 is 2.18 bits per heavy atom.